The Kier molecular flexibility index (Phi) is 4.12. The molecule has 1 aromatic carbocycles. The molecule has 1 unspecified atom stereocenters. The highest BCUT2D eigenvalue weighted by Gasteiger charge is 2.44. The largest absolute Gasteiger partial charge is 0.360 e. The second-order valence-corrected chi connectivity index (χ2v) is 4.11. The summed E-state index contributed by atoms with van der Waals surface area (Å²) in [5, 5.41) is 14.2. The van der Waals surface area contributed by atoms with Crippen molar-refractivity contribution >= 4 is 17.5 Å². The van der Waals surface area contributed by atoms with Crippen LogP contribution in [0.25, 0.3) is 10.4 Å². The van der Waals surface area contributed by atoms with Crippen molar-refractivity contribution in [2.24, 2.45) is 5.22 Å². The molecule has 0 N–H and O–H groups in total. The number of amides is 2. The van der Waals surface area contributed by atoms with E-state index in [1.165, 1.54) is 18.2 Å². The number of carbonyl (C=O) groups excluding carboxylic acids is 2. The molecule has 1 fully saturated rings. The fraction of sp³-hybridized carbons (Fsp3) is 0.273. The van der Waals surface area contributed by atoms with E-state index in [0.717, 1.165) is 0 Å². The van der Waals surface area contributed by atoms with Crippen molar-refractivity contribution in [3.05, 3.63) is 50.4 Å². The maximum atomic E-state index is 11.7. The van der Waals surface area contributed by atoms with Gasteiger partial charge in [-0.15, -0.1) is 10.5 Å². The molecule has 0 radical (unpaired) electrons. The van der Waals surface area contributed by atoms with Crippen LogP contribution in [0.1, 0.15) is 12.0 Å². The van der Waals surface area contributed by atoms with E-state index in [0.29, 0.717) is 5.01 Å². The summed E-state index contributed by atoms with van der Waals surface area (Å²) in [5.41, 5.74) is 8.39. The van der Waals surface area contributed by atoms with Gasteiger partial charge in [-0.2, -0.15) is 4.91 Å². The average Bonchev–Trinajstić information content (AvgIpc) is 2.73. The first-order chi connectivity index (χ1) is 10.0. The molecule has 1 saturated heterocycles. The van der Waals surface area contributed by atoms with Crippen LogP contribution in [0, 0.1) is 10.1 Å². The predicted molar refractivity (Wildman–Crippen MR) is 67.3 cm³/mol. The number of hydrogen-bond acceptors (Lipinski definition) is 6. The summed E-state index contributed by atoms with van der Waals surface area (Å²) in [6, 6.07) is 5.91. The van der Waals surface area contributed by atoms with Crippen molar-refractivity contribution in [1.82, 2.24) is 5.01 Å². The highest BCUT2D eigenvalue weighted by Crippen LogP contribution is 2.22. The lowest BCUT2D eigenvalue weighted by Gasteiger charge is -2.08. The quantitative estimate of drug-likeness (QED) is 0.202. The molecule has 1 aliphatic heterocycles. The van der Waals surface area contributed by atoms with Crippen molar-refractivity contribution in [2.45, 2.75) is 19.1 Å². The van der Waals surface area contributed by atoms with Crippen LogP contribution >= 0.6 is 0 Å². The molecule has 0 aromatic heterocycles. The first-order valence-corrected chi connectivity index (χ1v) is 5.80. The van der Waals surface area contributed by atoms with Gasteiger partial charge in [-0.3, -0.25) is 10.1 Å². The lowest BCUT2D eigenvalue weighted by molar-refractivity contribution is -0.386. The number of hydrogen-bond donors (Lipinski definition) is 0. The van der Waals surface area contributed by atoms with Crippen LogP contribution in [0.4, 0.5) is 5.69 Å². The van der Waals surface area contributed by atoms with E-state index in [2.05, 4.69) is 10.1 Å². The number of azide groups is 1. The van der Waals surface area contributed by atoms with Crippen LogP contribution < -0.4 is 0 Å². The molecule has 21 heavy (non-hydrogen) atoms. The number of para-hydroxylation sites is 1. The summed E-state index contributed by atoms with van der Waals surface area (Å²) >= 11 is 0. The Balaban J connectivity index is 2.08. The van der Waals surface area contributed by atoms with Gasteiger partial charge in [-0.1, -0.05) is 12.1 Å². The molecule has 0 bridgehead atoms. The van der Waals surface area contributed by atoms with E-state index < -0.39 is 22.8 Å². The third kappa shape index (κ3) is 2.96. The molecular formula is C11H9N5O5. The molecule has 10 heteroatoms. The van der Waals surface area contributed by atoms with Gasteiger partial charge in [0, 0.05) is 6.07 Å². The molecule has 2 rings (SSSR count). The van der Waals surface area contributed by atoms with Gasteiger partial charge in [0.25, 0.3) is 5.69 Å². The molecule has 2 amide bonds. The van der Waals surface area contributed by atoms with Crippen molar-refractivity contribution in [3.63, 3.8) is 0 Å². The maximum absolute atomic E-state index is 11.7. The Morgan fingerprint density at radius 2 is 2.19 bits per heavy atom. The Labute approximate surface area is 117 Å². The minimum atomic E-state index is -1.11. The van der Waals surface area contributed by atoms with Gasteiger partial charge in [0.2, 0.25) is 0 Å². The predicted octanol–water partition coefficient (Wildman–Crippen LogP) is 1.46. The Bertz CT molecular complexity index is 654. The summed E-state index contributed by atoms with van der Waals surface area (Å²) in [6.07, 6.45) is -1.37. The second kappa shape index (κ2) is 5.99. The minimum absolute atomic E-state index is 0.138. The molecule has 0 aliphatic carbocycles. The lowest BCUT2D eigenvalue weighted by atomic mass is 10.2. The average molecular weight is 291 g/mol. The van der Waals surface area contributed by atoms with Crippen LogP contribution in [-0.2, 0) is 20.9 Å². The van der Waals surface area contributed by atoms with Crippen LogP contribution in [0.2, 0.25) is 0 Å². The number of rotatable bonds is 5. The summed E-state index contributed by atoms with van der Waals surface area (Å²) in [6.45, 7) is -0.203. The van der Waals surface area contributed by atoms with Gasteiger partial charge < -0.3 is 4.74 Å². The number of ether oxygens (including phenoxy) is 1. The molecule has 108 valence electrons. The van der Waals surface area contributed by atoms with Gasteiger partial charge in [0.15, 0.2) is 6.10 Å². The van der Waals surface area contributed by atoms with Gasteiger partial charge in [0.1, 0.15) is 0 Å². The molecular weight excluding hydrogens is 282 g/mol. The third-order valence-electron chi connectivity index (χ3n) is 2.84. The van der Waals surface area contributed by atoms with Crippen molar-refractivity contribution in [3.8, 4) is 0 Å². The number of nitrogens with zero attached hydrogens (tertiary/aromatic N) is 5. The first-order valence-electron chi connectivity index (χ1n) is 5.80. The number of nitro groups is 1. The molecule has 1 aliphatic rings. The van der Waals surface area contributed by atoms with Crippen LogP contribution in [-0.4, -0.2) is 27.9 Å². The van der Waals surface area contributed by atoms with Crippen molar-refractivity contribution < 1.29 is 19.2 Å². The maximum Gasteiger partial charge on any atom is 0.349 e. The fourth-order valence-corrected chi connectivity index (χ4v) is 1.86. The molecule has 10 nitrogen and oxygen atoms in total. The van der Waals surface area contributed by atoms with Crippen LogP contribution in [0.15, 0.2) is 29.5 Å². The van der Waals surface area contributed by atoms with Crippen molar-refractivity contribution in [2.75, 3.05) is 0 Å². The topological polar surface area (TPSA) is 139 Å². The van der Waals surface area contributed by atoms with Gasteiger partial charge >= 0.3 is 11.8 Å². The Hall–Kier alpha value is -2.97. The van der Waals surface area contributed by atoms with Gasteiger partial charge in [-0.25, -0.2) is 9.59 Å². The van der Waals surface area contributed by atoms with E-state index in [1.54, 1.807) is 6.07 Å². The SMILES string of the molecule is [N-]=[N+]=NN1C(=O)CC(OCc2ccccc2[N+](=O)[O-])C1=O. The molecule has 0 saturated carbocycles. The molecule has 1 atom stereocenters. The van der Waals surface area contributed by atoms with E-state index in [9.17, 15) is 19.7 Å². The summed E-state index contributed by atoms with van der Waals surface area (Å²) in [4.78, 5) is 35.8. The number of imide groups is 1. The molecule has 1 heterocycles. The zero-order valence-electron chi connectivity index (χ0n) is 10.6. The zero-order valence-corrected chi connectivity index (χ0v) is 10.6. The zero-order chi connectivity index (χ0) is 15.4. The second-order valence-electron chi connectivity index (χ2n) is 4.11. The standard InChI is InChI=1S/C11H9N5O5/c12-13-14-15-10(17)5-9(11(15)18)21-6-7-3-1-2-4-8(7)16(19)20/h1-4,9H,5-6H2. The normalized spacial score (nSPS) is 17.7. The van der Waals surface area contributed by atoms with E-state index in [1.807, 2.05) is 0 Å². The third-order valence-corrected chi connectivity index (χ3v) is 2.84. The van der Waals surface area contributed by atoms with Crippen LogP contribution in [0.3, 0.4) is 0 Å². The Morgan fingerprint density at radius 1 is 1.48 bits per heavy atom. The van der Waals surface area contributed by atoms with Crippen LogP contribution in [0.5, 0.6) is 0 Å². The van der Waals surface area contributed by atoms with E-state index in [-0.39, 0.29) is 24.3 Å². The van der Waals surface area contributed by atoms with Gasteiger partial charge in [-0.05, 0) is 11.3 Å². The summed E-state index contributed by atoms with van der Waals surface area (Å²) in [7, 11) is 0. The lowest BCUT2D eigenvalue weighted by Crippen LogP contribution is -2.27. The van der Waals surface area contributed by atoms with E-state index in [4.69, 9.17) is 10.3 Å². The monoisotopic (exact) mass is 291 g/mol. The highest BCUT2D eigenvalue weighted by atomic mass is 16.6. The smallest absolute Gasteiger partial charge is 0.349 e. The molecule has 0 spiro atoms. The minimum Gasteiger partial charge on any atom is -0.360 e. The number of nitro benzene ring substituents is 1. The number of carbonyl (C=O) groups is 2. The summed E-state index contributed by atoms with van der Waals surface area (Å²) in [5.74, 6) is -1.46. The highest BCUT2D eigenvalue weighted by molar-refractivity contribution is 6.04. The van der Waals surface area contributed by atoms with E-state index >= 15 is 0 Å². The fourth-order valence-electron chi connectivity index (χ4n) is 1.86. The summed E-state index contributed by atoms with van der Waals surface area (Å²) < 4.78 is 5.24. The van der Waals surface area contributed by atoms with Crippen molar-refractivity contribution in [1.29, 1.82) is 0 Å². The number of benzene rings is 1. The van der Waals surface area contributed by atoms with Gasteiger partial charge in [0.05, 0.1) is 23.5 Å². The molecule has 1 aromatic rings. The Morgan fingerprint density at radius 3 is 2.86 bits per heavy atom. The first kappa shape index (κ1) is 14.4.